The number of hydrogen-bond acceptors (Lipinski definition) is 6. The molecular formula is C24H21N5O3. The van der Waals surface area contributed by atoms with Crippen molar-refractivity contribution in [2.24, 2.45) is 5.10 Å². The van der Waals surface area contributed by atoms with Crippen LogP contribution in [0.2, 0.25) is 0 Å². The Labute approximate surface area is 184 Å². The van der Waals surface area contributed by atoms with Gasteiger partial charge in [0.1, 0.15) is 24.4 Å². The number of carbonyl (C=O) groups is 1. The molecule has 0 bridgehead atoms. The van der Waals surface area contributed by atoms with E-state index >= 15 is 0 Å². The highest BCUT2D eigenvalue weighted by molar-refractivity contribution is 5.84. The second-order valence-corrected chi connectivity index (χ2v) is 7.38. The second-order valence-electron chi connectivity index (χ2n) is 7.38. The third kappa shape index (κ3) is 3.90. The molecule has 2 heterocycles. The lowest BCUT2D eigenvalue weighted by Crippen LogP contribution is -2.25. The van der Waals surface area contributed by atoms with E-state index in [0.29, 0.717) is 18.3 Å². The van der Waals surface area contributed by atoms with E-state index in [4.69, 9.17) is 9.47 Å². The van der Waals surface area contributed by atoms with Crippen LogP contribution in [0.1, 0.15) is 24.3 Å². The van der Waals surface area contributed by atoms with Crippen molar-refractivity contribution >= 4 is 22.8 Å². The number of nitrogens with zero attached hydrogens (tertiary/aromatic N) is 5. The van der Waals surface area contributed by atoms with Gasteiger partial charge in [0.15, 0.2) is 0 Å². The van der Waals surface area contributed by atoms with Crippen LogP contribution in [-0.2, 0) is 22.7 Å². The van der Waals surface area contributed by atoms with E-state index in [1.54, 1.807) is 4.68 Å². The summed E-state index contributed by atoms with van der Waals surface area (Å²) in [5, 5.41) is 14.1. The molecule has 5 rings (SSSR count). The van der Waals surface area contributed by atoms with Crippen LogP contribution in [0.5, 0.6) is 5.75 Å². The Morgan fingerprint density at radius 1 is 1.00 bits per heavy atom. The average Bonchev–Trinajstić information content (AvgIpc) is 3.44. The quantitative estimate of drug-likeness (QED) is 0.466. The molecule has 0 fully saturated rings. The number of ether oxygens (including phenoxy) is 2. The van der Waals surface area contributed by atoms with Crippen LogP contribution in [0, 0.1) is 0 Å². The smallest absolute Gasteiger partial charge is 0.243 e. The zero-order valence-corrected chi connectivity index (χ0v) is 17.5. The normalized spacial score (nSPS) is 15.5. The molecular weight excluding hydrogens is 406 g/mol. The van der Waals surface area contributed by atoms with E-state index in [-0.39, 0.29) is 12.5 Å². The minimum absolute atomic E-state index is 0.230. The van der Waals surface area contributed by atoms with Gasteiger partial charge in [-0.3, -0.25) is 4.79 Å². The molecule has 0 saturated carbocycles. The van der Waals surface area contributed by atoms with Gasteiger partial charge < -0.3 is 9.47 Å². The van der Waals surface area contributed by atoms with Crippen molar-refractivity contribution in [2.45, 2.75) is 26.3 Å². The van der Waals surface area contributed by atoms with E-state index in [1.165, 1.54) is 11.9 Å². The Bertz CT molecular complexity index is 1290. The van der Waals surface area contributed by atoms with Gasteiger partial charge in [-0.05, 0) is 29.8 Å². The molecule has 8 nitrogen and oxygen atoms in total. The molecule has 3 aromatic carbocycles. The maximum atomic E-state index is 12.3. The molecule has 160 valence electrons. The number of rotatable bonds is 6. The zero-order valence-electron chi connectivity index (χ0n) is 17.5. The highest BCUT2D eigenvalue weighted by Gasteiger charge is 2.34. The van der Waals surface area contributed by atoms with E-state index in [1.807, 2.05) is 78.9 Å². The van der Waals surface area contributed by atoms with Gasteiger partial charge in [-0.1, -0.05) is 59.8 Å². The number of amides is 1. The van der Waals surface area contributed by atoms with Crippen LogP contribution >= 0.6 is 0 Å². The fourth-order valence-electron chi connectivity index (χ4n) is 3.59. The lowest BCUT2D eigenvalue weighted by atomic mass is 10.1. The van der Waals surface area contributed by atoms with Gasteiger partial charge >= 0.3 is 0 Å². The van der Waals surface area contributed by atoms with E-state index in [9.17, 15) is 4.79 Å². The van der Waals surface area contributed by atoms with Crippen LogP contribution in [0.3, 0.4) is 0 Å². The lowest BCUT2D eigenvalue weighted by Gasteiger charge is -2.22. The highest BCUT2D eigenvalue weighted by Crippen LogP contribution is 2.35. The Balaban J connectivity index is 1.39. The highest BCUT2D eigenvalue weighted by atomic mass is 16.5. The maximum absolute atomic E-state index is 12.3. The first-order valence-electron chi connectivity index (χ1n) is 10.3. The van der Waals surface area contributed by atoms with Gasteiger partial charge in [-0.25, -0.2) is 4.68 Å². The molecule has 1 atom stereocenters. The molecule has 1 aromatic heterocycles. The van der Waals surface area contributed by atoms with Crippen LogP contribution in [-0.4, -0.2) is 31.8 Å². The average molecular weight is 427 g/mol. The largest absolute Gasteiger partial charge is 0.488 e. The summed E-state index contributed by atoms with van der Waals surface area (Å²) in [7, 11) is 0. The number of benzene rings is 3. The SMILES string of the molecule is CC(=O)N1N=C(Cn2nnc3ccccc32)OC1c1ccccc1OCc1ccccc1. The Kier molecular flexibility index (Phi) is 5.25. The molecule has 1 aliphatic rings. The first-order chi connectivity index (χ1) is 15.7. The standard InChI is InChI=1S/C24H21N5O3/c1-17(30)29-24(19-11-5-8-14-22(19)31-16-18-9-3-2-4-10-18)32-23(26-29)15-28-21-13-7-6-12-20(21)25-27-28/h2-14,24H,15-16H2,1H3. The molecule has 0 radical (unpaired) electrons. The van der Waals surface area contributed by atoms with Crippen molar-refractivity contribution in [3.63, 3.8) is 0 Å². The minimum atomic E-state index is -0.718. The summed E-state index contributed by atoms with van der Waals surface area (Å²) in [6, 6.07) is 25.1. The Morgan fingerprint density at radius 2 is 1.75 bits per heavy atom. The van der Waals surface area contributed by atoms with Gasteiger partial charge in [0.25, 0.3) is 0 Å². The summed E-state index contributed by atoms with van der Waals surface area (Å²) in [6.07, 6.45) is -0.718. The molecule has 0 aliphatic carbocycles. The van der Waals surface area contributed by atoms with Crippen molar-refractivity contribution in [1.29, 1.82) is 0 Å². The Morgan fingerprint density at radius 3 is 2.59 bits per heavy atom. The van der Waals surface area contributed by atoms with Crippen LogP contribution in [0.15, 0.2) is 84.0 Å². The summed E-state index contributed by atoms with van der Waals surface area (Å²) in [4.78, 5) is 12.3. The number of carbonyl (C=O) groups excluding carboxylic acids is 1. The molecule has 0 spiro atoms. The van der Waals surface area contributed by atoms with Crippen molar-refractivity contribution in [3.05, 3.63) is 90.0 Å². The lowest BCUT2D eigenvalue weighted by molar-refractivity contribution is -0.135. The zero-order chi connectivity index (χ0) is 21.9. The van der Waals surface area contributed by atoms with Crippen molar-refractivity contribution in [1.82, 2.24) is 20.0 Å². The summed E-state index contributed by atoms with van der Waals surface area (Å²) in [5.41, 5.74) is 3.42. The van der Waals surface area contributed by atoms with Crippen LogP contribution < -0.4 is 4.74 Å². The predicted octanol–water partition coefficient (Wildman–Crippen LogP) is 3.90. The Hall–Kier alpha value is -4.20. The molecule has 0 N–H and O–H groups in total. The van der Waals surface area contributed by atoms with Crippen molar-refractivity contribution < 1.29 is 14.3 Å². The molecule has 1 aliphatic heterocycles. The van der Waals surface area contributed by atoms with Gasteiger partial charge in [-0.2, -0.15) is 5.01 Å². The first-order valence-corrected chi connectivity index (χ1v) is 10.3. The molecule has 4 aromatic rings. The molecule has 8 heteroatoms. The summed E-state index contributed by atoms with van der Waals surface area (Å²) in [5.74, 6) is 0.778. The first kappa shape index (κ1) is 19.7. The number of hydrogen-bond donors (Lipinski definition) is 0. The fourth-order valence-corrected chi connectivity index (χ4v) is 3.59. The number of hydrazone groups is 1. The van der Waals surface area contributed by atoms with E-state index < -0.39 is 6.23 Å². The van der Waals surface area contributed by atoms with Crippen molar-refractivity contribution in [3.8, 4) is 5.75 Å². The van der Waals surface area contributed by atoms with Gasteiger partial charge in [0.2, 0.25) is 18.0 Å². The molecule has 0 saturated heterocycles. The number of para-hydroxylation sites is 2. The van der Waals surface area contributed by atoms with Crippen LogP contribution in [0.4, 0.5) is 0 Å². The van der Waals surface area contributed by atoms with Gasteiger partial charge in [0.05, 0.1) is 11.1 Å². The monoisotopic (exact) mass is 427 g/mol. The van der Waals surface area contributed by atoms with E-state index in [2.05, 4.69) is 15.4 Å². The summed E-state index contributed by atoms with van der Waals surface area (Å²) < 4.78 is 13.9. The predicted molar refractivity (Wildman–Crippen MR) is 119 cm³/mol. The second kappa shape index (κ2) is 8.50. The van der Waals surface area contributed by atoms with Gasteiger partial charge in [-0.15, -0.1) is 10.2 Å². The number of fused-ring (bicyclic) bond motifs is 1. The molecule has 1 amide bonds. The van der Waals surface area contributed by atoms with Crippen molar-refractivity contribution in [2.75, 3.05) is 0 Å². The fraction of sp³-hybridized carbons (Fsp3) is 0.167. The molecule has 32 heavy (non-hydrogen) atoms. The third-order valence-corrected chi connectivity index (χ3v) is 5.14. The topological polar surface area (TPSA) is 81.8 Å². The van der Waals surface area contributed by atoms with Crippen LogP contribution in [0.25, 0.3) is 11.0 Å². The molecule has 1 unspecified atom stereocenters. The number of aromatic nitrogens is 3. The van der Waals surface area contributed by atoms with Gasteiger partial charge in [0, 0.05) is 6.92 Å². The summed E-state index contributed by atoms with van der Waals surface area (Å²) >= 11 is 0. The third-order valence-electron chi connectivity index (χ3n) is 5.14. The summed E-state index contributed by atoms with van der Waals surface area (Å²) in [6.45, 7) is 2.12. The minimum Gasteiger partial charge on any atom is -0.488 e. The maximum Gasteiger partial charge on any atom is 0.243 e. The van der Waals surface area contributed by atoms with E-state index in [0.717, 1.165) is 22.2 Å².